The Morgan fingerprint density at radius 3 is 2.44 bits per heavy atom. The molecule has 0 spiro atoms. The minimum absolute atomic E-state index is 0.0929. The summed E-state index contributed by atoms with van der Waals surface area (Å²) < 4.78 is 1.96. The van der Waals surface area contributed by atoms with Crippen molar-refractivity contribution in [3.8, 4) is 17.1 Å². The van der Waals surface area contributed by atoms with Gasteiger partial charge in [-0.25, -0.2) is 0 Å². The lowest BCUT2D eigenvalue weighted by Gasteiger charge is -2.12. The summed E-state index contributed by atoms with van der Waals surface area (Å²) >= 11 is 7.55. The summed E-state index contributed by atoms with van der Waals surface area (Å²) in [6, 6.07) is 21.6. The van der Waals surface area contributed by atoms with E-state index in [4.69, 9.17) is 11.6 Å². The summed E-state index contributed by atoms with van der Waals surface area (Å²) in [4.78, 5) is 12.6. The topological polar surface area (TPSA) is 59.8 Å². The van der Waals surface area contributed by atoms with Crippen LogP contribution in [0.3, 0.4) is 0 Å². The number of rotatable bonds is 6. The van der Waals surface area contributed by atoms with E-state index in [0.717, 1.165) is 33.6 Å². The Morgan fingerprint density at radius 2 is 1.72 bits per heavy atom. The van der Waals surface area contributed by atoms with Gasteiger partial charge < -0.3 is 5.32 Å². The number of anilines is 1. The van der Waals surface area contributed by atoms with Crippen LogP contribution in [-0.4, -0.2) is 26.4 Å². The molecular formula is C25H23ClN4OS. The third-order valence-electron chi connectivity index (χ3n) is 5.00. The Hall–Kier alpha value is -3.09. The van der Waals surface area contributed by atoms with Crippen molar-refractivity contribution in [3.63, 3.8) is 0 Å². The first-order valence-corrected chi connectivity index (χ1v) is 11.6. The molecule has 0 saturated carbocycles. The number of thioether (sulfide) groups is 1. The molecule has 162 valence electrons. The molecule has 7 heteroatoms. The predicted octanol–water partition coefficient (Wildman–Crippen LogP) is 6.24. The summed E-state index contributed by atoms with van der Waals surface area (Å²) in [7, 11) is 0. The van der Waals surface area contributed by atoms with Crippen LogP contribution in [0.2, 0.25) is 5.02 Å². The number of benzene rings is 3. The Bertz CT molecular complexity index is 1270. The van der Waals surface area contributed by atoms with Gasteiger partial charge in [-0.2, -0.15) is 0 Å². The van der Waals surface area contributed by atoms with E-state index in [9.17, 15) is 4.79 Å². The van der Waals surface area contributed by atoms with Crippen LogP contribution in [0.15, 0.2) is 71.9 Å². The van der Waals surface area contributed by atoms with E-state index in [1.54, 1.807) is 0 Å². The minimum Gasteiger partial charge on any atom is -0.325 e. The zero-order valence-corrected chi connectivity index (χ0v) is 19.7. The third-order valence-corrected chi connectivity index (χ3v) is 6.16. The highest BCUT2D eigenvalue weighted by atomic mass is 35.5. The van der Waals surface area contributed by atoms with Crippen LogP contribution in [0, 0.1) is 20.8 Å². The van der Waals surface area contributed by atoms with E-state index in [-0.39, 0.29) is 11.7 Å². The fourth-order valence-electron chi connectivity index (χ4n) is 3.37. The second-order valence-corrected chi connectivity index (χ2v) is 9.02. The van der Waals surface area contributed by atoms with Crippen molar-refractivity contribution in [2.24, 2.45) is 0 Å². The lowest BCUT2D eigenvalue weighted by atomic mass is 10.1. The smallest absolute Gasteiger partial charge is 0.234 e. The fraction of sp³-hybridized carbons (Fsp3) is 0.160. The molecule has 1 amide bonds. The molecular weight excluding hydrogens is 440 g/mol. The number of nitrogens with zero attached hydrogens (tertiary/aromatic N) is 3. The van der Waals surface area contributed by atoms with Crippen molar-refractivity contribution in [1.82, 2.24) is 14.8 Å². The summed E-state index contributed by atoms with van der Waals surface area (Å²) in [5.74, 6) is 0.797. The number of carbonyl (C=O) groups is 1. The highest BCUT2D eigenvalue weighted by molar-refractivity contribution is 7.99. The van der Waals surface area contributed by atoms with Gasteiger partial charge in [0.15, 0.2) is 11.0 Å². The minimum atomic E-state index is -0.0929. The van der Waals surface area contributed by atoms with Crippen LogP contribution in [0.4, 0.5) is 5.69 Å². The first-order chi connectivity index (χ1) is 15.4. The van der Waals surface area contributed by atoms with Crippen molar-refractivity contribution in [2.75, 3.05) is 11.1 Å². The molecule has 0 aliphatic rings. The summed E-state index contributed by atoms with van der Waals surface area (Å²) in [6.07, 6.45) is 0. The average molecular weight is 463 g/mol. The molecule has 0 radical (unpaired) electrons. The van der Waals surface area contributed by atoms with E-state index in [1.165, 1.54) is 11.8 Å². The molecule has 0 atom stereocenters. The molecule has 0 aliphatic heterocycles. The Morgan fingerprint density at radius 1 is 0.969 bits per heavy atom. The lowest BCUT2D eigenvalue weighted by Crippen LogP contribution is -2.15. The third kappa shape index (κ3) is 5.03. The molecule has 0 fully saturated rings. The second-order valence-electron chi connectivity index (χ2n) is 7.64. The molecule has 0 saturated heterocycles. The first-order valence-electron chi connectivity index (χ1n) is 10.2. The highest BCUT2D eigenvalue weighted by Gasteiger charge is 2.18. The summed E-state index contributed by atoms with van der Waals surface area (Å²) in [5.41, 5.74) is 5.96. The number of halogens is 1. The number of nitrogens with one attached hydrogen (secondary N) is 1. The molecule has 0 bridgehead atoms. The molecule has 32 heavy (non-hydrogen) atoms. The number of carbonyl (C=O) groups excluding carboxylic acids is 1. The van der Waals surface area contributed by atoms with E-state index >= 15 is 0 Å². The summed E-state index contributed by atoms with van der Waals surface area (Å²) in [6.45, 7) is 6.06. The predicted molar refractivity (Wildman–Crippen MR) is 132 cm³/mol. The fourth-order valence-corrected chi connectivity index (χ4v) is 4.32. The van der Waals surface area contributed by atoms with Crippen LogP contribution >= 0.6 is 23.4 Å². The molecule has 4 rings (SSSR count). The number of hydrogen-bond donors (Lipinski definition) is 1. The zero-order chi connectivity index (χ0) is 22.7. The van der Waals surface area contributed by atoms with Crippen LogP contribution in [0.5, 0.6) is 0 Å². The lowest BCUT2D eigenvalue weighted by molar-refractivity contribution is -0.113. The molecule has 1 N–H and O–H groups in total. The molecule has 5 nitrogen and oxygen atoms in total. The number of aryl methyl sites for hydroxylation is 3. The van der Waals surface area contributed by atoms with Gasteiger partial charge in [-0.15, -0.1) is 10.2 Å². The molecule has 0 unspecified atom stereocenters. The standard InChI is InChI=1S/C25H23ClN4OS/c1-16-7-10-21(11-8-16)30-24(19-5-4-6-20(26)14-19)28-29-25(30)32-15-23(31)27-22-12-9-17(2)13-18(22)3/h4-14H,15H2,1-3H3,(H,27,31). The van der Waals surface area contributed by atoms with Gasteiger partial charge in [-0.3, -0.25) is 9.36 Å². The van der Waals surface area contributed by atoms with Gasteiger partial charge in [0.1, 0.15) is 0 Å². The van der Waals surface area contributed by atoms with Gasteiger partial charge in [-0.1, -0.05) is 70.9 Å². The van der Waals surface area contributed by atoms with Gasteiger partial charge in [0.05, 0.1) is 5.75 Å². The number of hydrogen-bond acceptors (Lipinski definition) is 4. The largest absolute Gasteiger partial charge is 0.325 e. The maximum Gasteiger partial charge on any atom is 0.234 e. The average Bonchev–Trinajstić information content (AvgIpc) is 3.19. The quantitative estimate of drug-likeness (QED) is 0.344. The van der Waals surface area contributed by atoms with Crippen LogP contribution in [0.25, 0.3) is 17.1 Å². The van der Waals surface area contributed by atoms with Crippen molar-refractivity contribution >= 4 is 35.0 Å². The monoisotopic (exact) mass is 462 g/mol. The Kier molecular flexibility index (Phi) is 6.63. The number of amides is 1. The SMILES string of the molecule is Cc1ccc(-n2c(SCC(=O)Nc3ccc(C)cc3C)nnc2-c2cccc(Cl)c2)cc1. The summed E-state index contributed by atoms with van der Waals surface area (Å²) in [5, 5.41) is 13.0. The molecule has 4 aromatic rings. The second kappa shape index (κ2) is 9.59. The van der Waals surface area contributed by atoms with E-state index in [2.05, 4.69) is 15.5 Å². The Balaban J connectivity index is 1.60. The first kappa shape index (κ1) is 22.1. The van der Waals surface area contributed by atoms with E-state index in [1.807, 2.05) is 92.1 Å². The van der Waals surface area contributed by atoms with Crippen LogP contribution in [0.1, 0.15) is 16.7 Å². The van der Waals surface area contributed by atoms with Gasteiger partial charge in [-0.05, 0) is 56.7 Å². The maximum absolute atomic E-state index is 12.6. The van der Waals surface area contributed by atoms with Crippen molar-refractivity contribution in [2.45, 2.75) is 25.9 Å². The van der Waals surface area contributed by atoms with Gasteiger partial charge in [0, 0.05) is 22.0 Å². The highest BCUT2D eigenvalue weighted by Crippen LogP contribution is 2.29. The molecule has 1 heterocycles. The van der Waals surface area contributed by atoms with Crippen molar-refractivity contribution < 1.29 is 4.79 Å². The van der Waals surface area contributed by atoms with E-state index in [0.29, 0.717) is 16.0 Å². The van der Waals surface area contributed by atoms with Gasteiger partial charge >= 0.3 is 0 Å². The Labute approximate surface area is 196 Å². The molecule has 0 aliphatic carbocycles. The molecule has 3 aromatic carbocycles. The van der Waals surface area contributed by atoms with Gasteiger partial charge in [0.25, 0.3) is 0 Å². The van der Waals surface area contributed by atoms with Crippen molar-refractivity contribution in [1.29, 1.82) is 0 Å². The number of aromatic nitrogens is 3. The van der Waals surface area contributed by atoms with Crippen molar-refractivity contribution in [3.05, 3.63) is 88.4 Å². The van der Waals surface area contributed by atoms with Gasteiger partial charge in [0.2, 0.25) is 5.91 Å². The zero-order valence-electron chi connectivity index (χ0n) is 18.1. The molecule has 1 aromatic heterocycles. The van der Waals surface area contributed by atoms with E-state index < -0.39 is 0 Å². The maximum atomic E-state index is 12.6. The van der Waals surface area contributed by atoms with Crippen LogP contribution < -0.4 is 5.32 Å². The normalized spacial score (nSPS) is 10.9. The van der Waals surface area contributed by atoms with Crippen LogP contribution in [-0.2, 0) is 4.79 Å².